The third-order valence-electron chi connectivity index (χ3n) is 4.92. The number of methoxy groups -OCH3 is 1. The molecule has 2 aliphatic rings. The zero-order chi connectivity index (χ0) is 16.3. The van der Waals surface area contributed by atoms with E-state index in [9.17, 15) is 9.90 Å². The first-order valence-electron chi connectivity index (χ1n) is 8.43. The first-order valence-corrected chi connectivity index (χ1v) is 8.43. The standard InChI is InChI=1S/C18H26N2O3/c1-23-16-6-4-15(5-7-16)12-17(21)20-11-8-18(22,14-20)13-19-9-2-3-10-19/h4-7,22H,2-3,8-14H2,1H3. The molecule has 2 aliphatic heterocycles. The molecule has 2 heterocycles. The summed E-state index contributed by atoms with van der Waals surface area (Å²) in [5.41, 5.74) is 0.241. The highest BCUT2D eigenvalue weighted by molar-refractivity contribution is 5.79. The Morgan fingerprint density at radius 3 is 2.57 bits per heavy atom. The molecule has 0 radical (unpaired) electrons. The molecule has 126 valence electrons. The van der Waals surface area contributed by atoms with Gasteiger partial charge in [-0.25, -0.2) is 0 Å². The van der Waals surface area contributed by atoms with Crippen molar-refractivity contribution < 1.29 is 14.6 Å². The molecular weight excluding hydrogens is 292 g/mol. The highest BCUT2D eigenvalue weighted by Gasteiger charge is 2.39. The average Bonchev–Trinajstić information content (AvgIpc) is 3.18. The van der Waals surface area contributed by atoms with E-state index < -0.39 is 5.60 Å². The second-order valence-electron chi connectivity index (χ2n) is 6.80. The number of aliphatic hydroxyl groups is 1. The molecule has 1 unspecified atom stereocenters. The van der Waals surface area contributed by atoms with E-state index in [0.29, 0.717) is 32.5 Å². The van der Waals surface area contributed by atoms with Gasteiger partial charge in [0.15, 0.2) is 0 Å². The van der Waals surface area contributed by atoms with Crippen molar-refractivity contribution in [3.63, 3.8) is 0 Å². The fourth-order valence-electron chi connectivity index (χ4n) is 3.59. The molecule has 0 spiro atoms. The van der Waals surface area contributed by atoms with Gasteiger partial charge in [-0.15, -0.1) is 0 Å². The molecule has 5 heteroatoms. The summed E-state index contributed by atoms with van der Waals surface area (Å²) in [6.07, 6.45) is 3.49. The van der Waals surface area contributed by atoms with Gasteiger partial charge in [0.2, 0.25) is 5.91 Å². The average molecular weight is 318 g/mol. The van der Waals surface area contributed by atoms with Gasteiger partial charge in [0.25, 0.3) is 0 Å². The van der Waals surface area contributed by atoms with E-state index in [1.54, 1.807) is 12.0 Å². The van der Waals surface area contributed by atoms with E-state index in [1.807, 2.05) is 24.3 Å². The highest BCUT2D eigenvalue weighted by atomic mass is 16.5. The van der Waals surface area contributed by atoms with Crippen LogP contribution in [0.4, 0.5) is 0 Å². The van der Waals surface area contributed by atoms with Gasteiger partial charge in [0.1, 0.15) is 5.75 Å². The molecular formula is C18H26N2O3. The second kappa shape index (κ2) is 6.89. The van der Waals surface area contributed by atoms with E-state index in [2.05, 4.69) is 4.90 Å². The third kappa shape index (κ3) is 4.03. The lowest BCUT2D eigenvalue weighted by atomic mass is 10.0. The van der Waals surface area contributed by atoms with Crippen molar-refractivity contribution in [1.82, 2.24) is 9.80 Å². The number of hydrogen-bond donors (Lipinski definition) is 1. The summed E-state index contributed by atoms with van der Waals surface area (Å²) < 4.78 is 5.13. The molecule has 0 aromatic heterocycles. The number of ether oxygens (including phenoxy) is 1. The van der Waals surface area contributed by atoms with Gasteiger partial charge in [-0.1, -0.05) is 12.1 Å². The molecule has 0 bridgehead atoms. The molecule has 1 amide bonds. The summed E-state index contributed by atoms with van der Waals surface area (Å²) in [5, 5.41) is 10.8. The minimum absolute atomic E-state index is 0.0903. The number of carbonyl (C=O) groups excluding carboxylic acids is 1. The van der Waals surface area contributed by atoms with Crippen LogP contribution in [0.5, 0.6) is 5.75 Å². The van der Waals surface area contributed by atoms with Crippen LogP contribution >= 0.6 is 0 Å². The lowest BCUT2D eigenvalue weighted by molar-refractivity contribution is -0.130. The maximum absolute atomic E-state index is 12.5. The molecule has 5 nitrogen and oxygen atoms in total. The Balaban J connectivity index is 1.53. The minimum atomic E-state index is -0.736. The Morgan fingerprint density at radius 2 is 1.91 bits per heavy atom. The number of carbonyl (C=O) groups is 1. The summed E-state index contributed by atoms with van der Waals surface area (Å²) in [6.45, 7) is 3.95. The van der Waals surface area contributed by atoms with E-state index in [1.165, 1.54) is 12.8 Å². The Morgan fingerprint density at radius 1 is 1.22 bits per heavy atom. The van der Waals surface area contributed by atoms with Crippen LogP contribution in [0.15, 0.2) is 24.3 Å². The fraction of sp³-hybridized carbons (Fsp3) is 0.611. The van der Waals surface area contributed by atoms with E-state index in [4.69, 9.17) is 4.74 Å². The van der Waals surface area contributed by atoms with Gasteiger partial charge in [-0.2, -0.15) is 0 Å². The Hall–Kier alpha value is -1.59. The molecule has 0 aliphatic carbocycles. The van der Waals surface area contributed by atoms with Crippen molar-refractivity contribution in [3.05, 3.63) is 29.8 Å². The highest BCUT2D eigenvalue weighted by Crippen LogP contribution is 2.25. The molecule has 2 fully saturated rings. The smallest absolute Gasteiger partial charge is 0.227 e. The van der Waals surface area contributed by atoms with Gasteiger partial charge in [-0.05, 0) is 50.0 Å². The molecule has 23 heavy (non-hydrogen) atoms. The monoisotopic (exact) mass is 318 g/mol. The first kappa shape index (κ1) is 16.3. The molecule has 1 aromatic carbocycles. The molecule has 1 N–H and O–H groups in total. The van der Waals surface area contributed by atoms with Crippen LogP contribution < -0.4 is 4.74 Å². The SMILES string of the molecule is COc1ccc(CC(=O)N2CCC(O)(CN3CCCC3)C2)cc1. The predicted molar refractivity (Wildman–Crippen MR) is 88.5 cm³/mol. The predicted octanol–water partition coefficient (Wildman–Crippen LogP) is 1.30. The lowest BCUT2D eigenvalue weighted by Gasteiger charge is -2.28. The van der Waals surface area contributed by atoms with Crippen LogP contribution in [0.25, 0.3) is 0 Å². The quantitative estimate of drug-likeness (QED) is 0.889. The van der Waals surface area contributed by atoms with Crippen LogP contribution in [-0.2, 0) is 11.2 Å². The zero-order valence-electron chi connectivity index (χ0n) is 13.8. The van der Waals surface area contributed by atoms with Gasteiger partial charge >= 0.3 is 0 Å². The Kier molecular flexibility index (Phi) is 4.87. The third-order valence-corrected chi connectivity index (χ3v) is 4.92. The van der Waals surface area contributed by atoms with Crippen molar-refractivity contribution in [1.29, 1.82) is 0 Å². The zero-order valence-corrected chi connectivity index (χ0v) is 13.8. The number of β-amino-alcohol motifs (C(OH)–C–C–N with tert-alkyl or cyclic N) is 1. The summed E-state index contributed by atoms with van der Waals surface area (Å²) in [7, 11) is 1.63. The van der Waals surface area contributed by atoms with E-state index in [0.717, 1.165) is 24.4 Å². The topological polar surface area (TPSA) is 53.0 Å². The van der Waals surface area contributed by atoms with Crippen LogP contribution in [0.3, 0.4) is 0 Å². The van der Waals surface area contributed by atoms with Crippen molar-refractivity contribution in [2.45, 2.75) is 31.3 Å². The van der Waals surface area contributed by atoms with Crippen molar-refractivity contribution in [2.24, 2.45) is 0 Å². The van der Waals surface area contributed by atoms with E-state index >= 15 is 0 Å². The van der Waals surface area contributed by atoms with Gasteiger partial charge in [-0.3, -0.25) is 4.79 Å². The Bertz CT molecular complexity index is 540. The summed E-state index contributed by atoms with van der Waals surface area (Å²) in [4.78, 5) is 16.6. The summed E-state index contributed by atoms with van der Waals surface area (Å²) >= 11 is 0. The maximum atomic E-state index is 12.5. The van der Waals surface area contributed by atoms with Crippen molar-refractivity contribution in [2.75, 3.05) is 39.8 Å². The number of amides is 1. The molecule has 1 aromatic rings. The molecule has 3 rings (SSSR count). The van der Waals surface area contributed by atoms with Crippen LogP contribution in [0.1, 0.15) is 24.8 Å². The summed E-state index contributed by atoms with van der Waals surface area (Å²) in [6, 6.07) is 7.58. The summed E-state index contributed by atoms with van der Waals surface area (Å²) in [5.74, 6) is 0.884. The minimum Gasteiger partial charge on any atom is -0.497 e. The van der Waals surface area contributed by atoms with Gasteiger partial charge < -0.3 is 19.6 Å². The number of benzene rings is 1. The van der Waals surface area contributed by atoms with Crippen LogP contribution in [0.2, 0.25) is 0 Å². The molecule has 0 saturated carbocycles. The first-order chi connectivity index (χ1) is 11.1. The number of nitrogens with zero attached hydrogens (tertiary/aromatic N) is 2. The van der Waals surface area contributed by atoms with Crippen LogP contribution in [0, 0.1) is 0 Å². The van der Waals surface area contributed by atoms with Crippen molar-refractivity contribution >= 4 is 5.91 Å². The fourth-order valence-corrected chi connectivity index (χ4v) is 3.59. The van der Waals surface area contributed by atoms with Gasteiger partial charge in [0.05, 0.1) is 25.7 Å². The molecule has 2 saturated heterocycles. The largest absolute Gasteiger partial charge is 0.497 e. The molecule has 1 atom stereocenters. The Labute approximate surface area is 137 Å². The van der Waals surface area contributed by atoms with Crippen LogP contribution in [-0.4, -0.2) is 66.2 Å². The van der Waals surface area contributed by atoms with Gasteiger partial charge in [0, 0.05) is 13.1 Å². The normalized spacial score (nSPS) is 25.0. The van der Waals surface area contributed by atoms with E-state index in [-0.39, 0.29) is 5.91 Å². The van der Waals surface area contributed by atoms with Crippen molar-refractivity contribution in [3.8, 4) is 5.75 Å². The lowest BCUT2D eigenvalue weighted by Crippen LogP contribution is -2.45. The number of likely N-dealkylation sites (tertiary alicyclic amines) is 2. The number of rotatable bonds is 5. The maximum Gasteiger partial charge on any atom is 0.227 e. The second-order valence-corrected chi connectivity index (χ2v) is 6.80. The number of hydrogen-bond acceptors (Lipinski definition) is 4.